The minimum absolute atomic E-state index is 0.169. The number of ether oxygens (including phenoxy) is 1. The first-order chi connectivity index (χ1) is 8.81. The summed E-state index contributed by atoms with van der Waals surface area (Å²) in [7, 11) is 0. The molecule has 1 amide bonds. The van der Waals surface area contributed by atoms with Crippen molar-refractivity contribution in [3.8, 4) is 0 Å². The molecule has 1 aliphatic rings. The molecule has 1 fully saturated rings. The second-order valence-electron chi connectivity index (χ2n) is 6.38. The Labute approximate surface area is 117 Å². The van der Waals surface area contributed by atoms with Crippen LogP contribution in [0.1, 0.15) is 53.4 Å². The van der Waals surface area contributed by atoms with E-state index in [-0.39, 0.29) is 12.1 Å². The van der Waals surface area contributed by atoms with Crippen LogP contribution in [-0.4, -0.2) is 29.8 Å². The molecule has 0 aromatic carbocycles. The minimum Gasteiger partial charge on any atom is -0.444 e. The van der Waals surface area contributed by atoms with Gasteiger partial charge in [-0.3, -0.25) is 0 Å². The summed E-state index contributed by atoms with van der Waals surface area (Å²) in [4.78, 5) is 11.8. The molecule has 2 N–H and O–H groups in total. The first-order valence-corrected chi connectivity index (χ1v) is 7.18. The number of hydrogen-bond acceptors (Lipinski definition) is 3. The first kappa shape index (κ1) is 16.0. The molecule has 0 spiro atoms. The predicted octanol–water partition coefficient (Wildman–Crippen LogP) is 2.99. The fourth-order valence-electron chi connectivity index (χ4n) is 2.47. The summed E-state index contributed by atoms with van der Waals surface area (Å²) in [5, 5.41) is 6.54. The molecular weight excluding hydrogens is 240 g/mol. The van der Waals surface area contributed by atoms with E-state index in [0.717, 1.165) is 25.7 Å². The minimum atomic E-state index is -0.443. The molecule has 0 saturated heterocycles. The van der Waals surface area contributed by atoms with Gasteiger partial charge in [0.1, 0.15) is 5.60 Å². The lowest BCUT2D eigenvalue weighted by atomic mass is 10.1. The van der Waals surface area contributed by atoms with E-state index in [1.807, 2.05) is 26.8 Å². The number of carbonyl (C=O) groups is 1. The Morgan fingerprint density at radius 2 is 2.05 bits per heavy atom. The van der Waals surface area contributed by atoms with E-state index in [9.17, 15) is 4.79 Å². The smallest absolute Gasteiger partial charge is 0.407 e. The Balaban J connectivity index is 2.43. The van der Waals surface area contributed by atoms with Crippen LogP contribution in [-0.2, 0) is 4.74 Å². The van der Waals surface area contributed by atoms with Gasteiger partial charge in [0, 0.05) is 18.1 Å². The quantitative estimate of drug-likeness (QED) is 0.754. The largest absolute Gasteiger partial charge is 0.444 e. The third-order valence-corrected chi connectivity index (χ3v) is 3.24. The van der Waals surface area contributed by atoms with Crippen LogP contribution in [0.5, 0.6) is 0 Å². The van der Waals surface area contributed by atoms with Crippen molar-refractivity contribution in [2.45, 2.75) is 77.1 Å². The van der Waals surface area contributed by atoms with E-state index in [1.165, 1.54) is 0 Å². The fraction of sp³-hybridized carbons (Fsp3) is 0.800. The zero-order valence-corrected chi connectivity index (χ0v) is 12.7. The van der Waals surface area contributed by atoms with Crippen molar-refractivity contribution in [1.29, 1.82) is 0 Å². The molecule has 0 aromatic rings. The van der Waals surface area contributed by atoms with Crippen molar-refractivity contribution in [2.75, 3.05) is 0 Å². The Hall–Kier alpha value is -1.03. The van der Waals surface area contributed by atoms with Crippen molar-refractivity contribution >= 4 is 6.09 Å². The zero-order chi connectivity index (χ0) is 14.5. The molecular formula is C15H28N2O2. The first-order valence-electron chi connectivity index (χ1n) is 7.18. The highest BCUT2D eigenvalue weighted by Gasteiger charge is 2.30. The normalized spacial score (nSPS) is 24.8. The van der Waals surface area contributed by atoms with E-state index in [1.54, 1.807) is 0 Å². The van der Waals surface area contributed by atoms with Crippen LogP contribution in [0.3, 0.4) is 0 Å². The zero-order valence-electron chi connectivity index (χ0n) is 12.7. The highest BCUT2D eigenvalue weighted by Crippen LogP contribution is 2.20. The molecule has 3 atom stereocenters. The fourth-order valence-corrected chi connectivity index (χ4v) is 2.47. The van der Waals surface area contributed by atoms with Crippen molar-refractivity contribution in [3.05, 3.63) is 12.7 Å². The van der Waals surface area contributed by atoms with E-state index in [0.29, 0.717) is 12.1 Å². The molecule has 1 rings (SSSR count). The number of hydrogen-bond donors (Lipinski definition) is 2. The van der Waals surface area contributed by atoms with E-state index in [2.05, 4.69) is 24.1 Å². The van der Waals surface area contributed by atoms with Crippen molar-refractivity contribution < 1.29 is 9.53 Å². The maximum Gasteiger partial charge on any atom is 0.407 e. The monoisotopic (exact) mass is 268 g/mol. The highest BCUT2D eigenvalue weighted by atomic mass is 16.6. The van der Waals surface area contributed by atoms with Crippen LogP contribution in [0.4, 0.5) is 4.79 Å². The second-order valence-corrected chi connectivity index (χ2v) is 6.38. The van der Waals surface area contributed by atoms with Crippen LogP contribution in [0, 0.1) is 0 Å². The van der Waals surface area contributed by atoms with Gasteiger partial charge in [0.15, 0.2) is 0 Å². The standard InChI is InChI=1S/C15H28N2O2/c1-6-8-11(2)16-12-9-7-10-13(12)17-14(18)19-15(3,4)5/h6,11-13,16H,1,7-10H2,2-5H3,(H,17,18)/t11-,12-,13+/m0/s1. The van der Waals surface area contributed by atoms with Crippen molar-refractivity contribution in [1.82, 2.24) is 10.6 Å². The van der Waals surface area contributed by atoms with Crippen LogP contribution >= 0.6 is 0 Å². The number of alkyl carbamates (subject to hydrolysis) is 1. The molecule has 0 radical (unpaired) electrons. The predicted molar refractivity (Wildman–Crippen MR) is 78.2 cm³/mol. The molecule has 4 nitrogen and oxygen atoms in total. The second kappa shape index (κ2) is 6.94. The van der Waals surface area contributed by atoms with Gasteiger partial charge >= 0.3 is 6.09 Å². The topological polar surface area (TPSA) is 50.4 Å². The Bertz CT molecular complexity index is 310. The summed E-state index contributed by atoms with van der Waals surface area (Å²) in [6.45, 7) is 11.5. The summed E-state index contributed by atoms with van der Waals surface area (Å²) in [5.41, 5.74) is -0.443. The van der Waals surface area contributed by atoms with Gasteiger partial charge in [-0.15, -0.1) is 6.58 Å². The van der Waals surface area contributed by atoms with Crippen molar-refractivity contribution in [3.63, 3.8) is 0 Å². The van der Waals surface area contributed by atoms with Gasteiger partial charge in [0.2, 0.25) is 0 Å². The molecule has 1 saturated carbocycles. The highest BCUT2D eigenvalue weighted by molar-refractivity contribution is 5.68. The number of amides is 1. The molecule has 1 aliphatic carbocycles. The van der Waals surface area contributed by atoms with Crippen LogP contribution in [0.15, 0.2) is 12.7 Å². The molecule has 0 bridgehead atoms. The maximum atomic E-state index is 11.8. The van der Waals surface area contributed by atoms with Gasteiger partial charge < -0.3 is 15.4 Å². The lowest BCUT2D eigenvalue weighted by molar-refractivity contribution is 0.0497. The molecule has 0 aromatic heterocycles. The summed E-state index contributed by atoms with van der Waals surface area (Å²) >= 11 is 0. The molecule has 110 valence electrons. The summed E-state index contributed by atoms with van der Waals surface area (Å²) in [6.07, 6.45) is 5.79. The van der Waals surface area contributed by atoms with Crippen LogP contribution < -0.4 is 10.6 Å². The maximum absolute atomic E-state index is 11.8. The third-order valence-electron chi connectivity index (χ3n) is 3.24. The summed E-state index contributed by atoms with van der Waals surface area (Å²) in [5.74, 6) is 0. The van der Waals surface area contributed by atoms with E-state index >= 15 is 0 Å². The number of rotatable bonds is 5. The molecule has 4 heteroatoms. The van der Waals surface area contributed by atoms with Crippen LogP contribution in [0.25, 0.3) is 0 Å². The molecule has 0 unspecified atom stereocenters. The average molecular weight is 268 g/mol. The van der Waals surface area contributed by atoms with Crippen molar-refractivity contribution in [2.24, 2.45) is 0 Å². The Kier molecular flexibility index (Phi) is 5.85. The molecule has 19 heavy (non-hydrogen) atoms. The number of nitrogens with one attached hydrogen (secondary N) is 2. The van der Waals surface area contributed by atoms with Gasteiger partial charge in [-0.05, 0) is 53.4 Å². The van der Waals surface area contributed by atoms with Gasteiger partial charge in [-0.25, -0.2) is 4.79 Å². The lowest BCUT2D eigenvalue weighted by Gasteiger charge is -2.27. The SMILES string of the molecule is C=CC[C@H](C)N[C@H]1CCC[C@H]1NC(=O)OC(C)(C)C. The summed E-state index contributed by atoms with van der Waals surface area (Å²) in [6, 6.07) is 0.896. The lowest BCUT2D eigenvalue weighted by Crippen LogP contribution is -2.50. The molecule has 0 heterocycles. The van der Waals surface area contributed by atoms with Crippen LogP contribution in [0.2, 0.25) is 0 Å². The van der Waals surface area contributed by atoms with Gasteiger partial charge in [-0.1, -0.05) is 6.08 Å². The Morgan fingerprint density at radius 1 is 1.42 bits per heavy atom. The molecule has 0 aliphatic heterocycles. The Morgan fingerprint density at radius 3 is 2.63 bits per heavy atom. The van der Waals surface area contributed by atoms with Gasteiger partial charge in [0.25, 0.3) is 0 Å². The van der Waals surface area contributed by atoms with E-state index < -0.39 is 5.60 Å². The summed E-state index contributed by atoms with van der Waals surface area (Å²) < 4.78 is 5.31. The van der Waals surface area contributed by atoms with E-state index in [4.69, 9.17) is 4.74 Å². The average Bonchev–Trinajstić information content (AvgIpc) is 2.62. The van der Waals surface area contributed by atoms with Gasteiger partial charge in [-0.2, -0.15) is 0 Å². The number of carbonyl (C=O) groups excluding carboxylic acids is 1. The third kappa shape index (κ3) is 6.10. The van der Waals surface area contributed by atoms with Gasteiger partial charge in [0.05, 0.1) is 0 Å².